The molecule has 2 atom stereocenters. The van der Waals surface area contributed by atoms with Crippen molar-refractivity contribution in [3.05, 3.63) is 30.3 Å². The first-order valence-electron chi connectivity index (χ1n) is 10.0. The Morgan fingerprint density at radius 3 is 2.70 bits per heavy atom. The van der Waals surface area contributed by atoms with Gasteiger partial charge in [-0.3, -0.25) is 9.79 Å². The van der Waals surface area contributed by atoms with Gasteiger partial charge in [0.1, 0.15) is 0 Å². The van der Waals surface area contributed by atoms with E-state index >= 15 is 0 Å². The van der Waals surface area contributed by atoms with Crippen LogP contribution in [0.3, 0.4) is 0 Å². The highest BCUT2D eigenvalue weighted by Gasteiger charge is 2.31. The van der Waals surface area contributed by atoms with Gasteiger partial charge in [-0.1, -0.05) is 32.0 Å². The predicted octanol–water partition coefficient (Wildman–Crippen LogP) is 2.39. The highest BCUT2D eigenvalue weighted by molar-refractivity contribution is 5.97. The monoisotopic (exact) mass is 374 g/mol. The number of hydrogen-bond acceptors (Lipinski definition) is 3. The first-order chi connectivity index (χ1) is 13.0. The highest BCUT2D eigenvalue weighted by Crippen LogP contribution is 2.21. The van der Waals surface area contributed by atoms with Crippen molar-refractivity contribution in [1.82, 2.24) is 10.6 Å². The van der Waals surface area contributed by atoms with E-state index in [0.717, 1.165) is 31.0 Å². The van der Waals surface area contributed by atoms with Crippen molar-refractivity contribution in [2.24, 2.45) is 16.8 Å². The molecule has 1 aliphatic rings. The van der Waals surface area contributed by atoms with E-state index < -0.39 is 0 Å². The fourth-order valence-corrected chi connectivity index (χ4v) is 3.53. The van der Waals surface area contributed by atoms with Crippen LogP contribution < -0.4 is 15.5 Å². The molecule has 2 rings (SSSR count). The normalized spacial score (nSPS) is 18.9. The van der Waals surface area contributed by atoms with Crippen molar-refractivity contribution < 1.29 is 9.90 Å². The van der Waals surface area contributed by atoms with Gasteiger partial charge in [-0.05, 0) is 43.7 Å². The third-order valence-electron chi connectivity index (χ3n) is 4.73. The van der Waals surface area contributed by atoms with Crippen molar-refractivity contribution >= 4 is 17.6 Å². The van der Waals surface area contributed by atoms with Crippen LogP contribution in [-0.4, -0.2) is 49.3 Å². The van der Waals surface area contributed by atoms with Crippen LogP contribution in [0.1, 0.15) is 40.0 Å². The topological polar surface area (TPSA) is 77.0 Å². The molecule has 6 heteroatoms. The Labute approximate surface area is 163 Å². The summed E-state index contributed by atoms with van der Waals surface area (Å²) < 4.78 is 0. The van der Waals surface area contributed by atoms with Gasteiger partial charge in [-0.25, -0.2) is 0 Å². The van der Waals surface area contributed by atoms with Crippen LogP contribution in [0.4, 0.5) is 5.69 Å². The van der Waals surface area contributed by atoms with Crippen LogP contribution in [0.15, 0.2) is 35.3 Å². The lowest BCUT2D eigenvalue weighted by Crippen LogP contribution is -2.44. The minimum atomic E-state index is 0.0388. The molecule has 1 heterocycles. The number of carbonyl (C=O) groups excluding carboxylic acids is 1. The van der Waals surface area contributed by atoms with Crippen LogP contribution in [0.25, 0.3) is 0 Å². The summed E-state index contributed by atoms with van der Waals surface area (Å²) in [5, 5.41) is 16.0. The molecule has 27 heavy (non-hydrogen) atoms. The van der Waals surface area contributed by atoms with Crippen molar-refractivity contribution in [3.63, 3.8) is 0 Å². The maximum absolute atomic E-state index is 12.4. The van der Waals surface area contributed by atoms with E-state index in [9.17, 15) is 9.90 Å². The van der Waals surface area contributed by atoms with E-state index in [1.807, 2.05) is 42.2 Å². The number of guanidine groups is 1. The minimum absolute atomic E-state index is 0.0388. The van der Waals surface area contributed by atoms with Crippen molar-refractivity contribution in [2.75, 3.05) is 31.1 Å². The summed E-state index contributed by atoms with van der Waals surface area (Å²) in [4.78, 5) is 18.9. The van der Waals surface area contributed by atoms with Gasteiger partial charge in [-0.2, -0.15) is 0 Å². The zero-order valence-corrected chi connectivity index (χ0v) is 16.8. The van der Waals surface area contributed by atoms with Gasteiger partial charge in [0.25, 0.3) is 0 Å². The van der Waals surface area contributed by atoms with Crippen molar-refractivity contribution in [1.29, 1.82) is 0 Å². The second kappa shape index (κ2) is 10.9. The van der Waals surface area contributed by atoms with Crippen LogP contribution >= 0.6 is 0 Å². The van der Waals surface area contributed by atoms with Crippen molar-refractivity contribution in [3.8, 4) is 0 Å². The van der Waals surface area contributed by atoms with E-state index in [2.05, 4.69) is 24.5 Å². The SMILES string of the molecule is CCNC(=NCC(CCO)CC(C)C)NC1CC(=O)N(c2ccccc2)C1. The molecular weight excluding hydrogens is 340 g/mol. The molecule has 1 aromatic carbocycles. The molecule has 0 aliphatic carbocycles. The average Bonchev–Trinajstić information content (AvgIpc) is 3.00. The van der Waals surface area contributed by atoms with Gasteiger partial charge in [0.2, 0.25) is 5.91 Å². The van der Waals surface area contributed by atoms with Crippen LogP contribution in [0.5, 0.6) is 0 Å². The third kappa shape index (κ3) is 6.86. The number of para-hydroxylation sites is 1. The minimum Gasteiger partial charge on any atom is -0.396 e. The number of aliphatic hydroxyl groups is 1. The molecule has 0 bridgehead atoms. The molecule has 1 aliphatic heterocycles. The summed E-state index contributed by atoms with van der Waals surface area (Å²) >= 11 is 0. The summed E-state index contributed by atoms with van der Waals surface area (Å²) in [6.45, 7) is 8.70. The van der Waals surface area contributed by atoms with Gasteiger partial charge in [0, 0.05) is 38.3 Å². The maximum Gasteiger partial charge on any atom is 0.229 e. The lowest BCUT2D eigenvalue weighted by Gasteiger charge is -2.20. The number of anilines is 1. The summed E-state index contributed by atoms with van der Waals surface area (Å²) in [6, 6.07) is 9.82. The molecule has 1 saturated heterocycles. The molecule has 0 saturated carbocycles. The molecule has 0 aromatic heterocycles. The fraction of sp³-hybridized carbons (Fsp3) is 0.619. The molecule has 150 valence electrons. The van der Waals surface area contributed by atoms with E-state index in [4.69, 9.17) is 4.99 Å². The zero-order valence-electron chi connectivity index (χ0n) is 16.8. The Hall–Kier alpha value is -2.08. The highest BCUT2D eigenvalue weighted by atomic mass is 16.3. The molecule has 1 amide bonds. The number of nitrogens with zero attached hydrogens (tertiary/aromatic N) is 2. The van der Waals surface area contributed by atoms with Crippen LogP contribution in [-0.2, 0) is 4.79 Å². The number of benzene rings is 1. The zero-order chi connectivity index (χ0) is 19.6. The van der Waals surface area contributed by atoms with Gasteiger partial charge in [0.05, 0.1) is 6.04 Å². The quantitative estimate of drug-likeness (QED) is 0.458. The largest absolute Gasteiger partial charge is 0.396 e. The fourth-order valence-electron chi connectivity index (χ4n) is 3.53. The standard InChI is InChI=1S/C21H34N4O2/c1-4-22-21(23-14-17(10-11-26)12-16(2)3)24-18-13-20(27)25(15-18)19-8-6-5-7-9-19/h5-9,16-18,26H,4,10-15H2,1-3H3,(H2,22,23,24). The second-order valence-electron chi connectivity index (χ2n) is 7.61. The molecule has 0 radical (unpaired) electrons. The number of aliphatic hydroxyl groups excluding tert-OH is 1. The Bertz CT molecular complexity index is 603. The summed E-state index contributed by atoms with van der Waals surface area (Å²) in [5.74, 6) is 1.83. The summed E-state index contributed by atoms with van der Waals surface area (Å²) in [6.07, 6.45) is 2.28. The van der Waals surface area contributed by atoms with E-state index in [1.165, 1.54) is 0 Å². The maximum atomic E-state index is 12.4. The summed E-state index contributed by atoms with van der Waals surface area (Å²) in [7, 11) is 0. The van der Waals surface area contributed by atoms with Gasteiger partial charge < -0.3 is 20.6 Å². The number of aliphatic imine (C=N–C) groups is 1. The molecule has 1 aromatic rings. The van der Waals surface area contributed by atoms with Crippen LogP contribution in [0, 0.1) is 11.8 Å². The molecule has 0 spiro atoms. The predicted molar refractivity (Wildman–Crippen MR) is 111 cm³/mol. The Kier molecular flexibility index (Phi) is 8.58. The van der Waals surface area contributed by atoms with Gasteiger partial charge in [0.15, 0.2) is 5.96 Å². The lowest BCUT2D eigenvalue weighted by molar-refractivity contribution is -0.117. The molecular formula is C21H34N4O2. The van der Waals surface area contributed by atoms with Crippen molar-refractivity contribution in [2.45, 2.75) is 46.1 Å². The number of rotatable bonds is 9. The second-order valence-corrected chi connectivity index (χ2v) is 7.61. The number of amides is 1. The Morgan fingerprint density at radius 2 is 2.07 bits per heavy atom. The third-order valence-corrected chi connectivity index (χ3v) is 4.73. The molecule has 6 nitrogen and oxygen atoms in total. The number of carbonyl (C=O) groups is 1. The number of nitrogens with one attached hydrogen (secondary N) is 2. The average molecular weight is 375 g/mol. The lowest BCUT2D eigenvalue weighted by atomic mass is 9.94. The molecule has 3 N–H and O–H groups in total. The van der Waals surface area contributed by atoms with Crippen LogP contribution in [0.2, 0.25) is 0 Å². The van der Waals surface area contributed by atoms with E-state index in [-0.39, 0.29) is 18.6 Å². The summed E-state index contributed by atoms with van der Waals surface area (Å²) in [5.41, 5.74) is 0.939. The first kappa shape index (κ1) is 21.2. The van der Waals surface area contributed by atoms with Gasteiger partial charge in [-0.15, -0.1) is 0 Å². The molecule has 1 fully saturated rings. The van der Waals surface area contributed by atoms with Gasteiger partial charge >= 0.3 is 0 Å². The molecule has 2 unspecified atom stereocenters. The Morgan fingerprint density at radius 1 is 1.33 bits per heavy atom. The Balaban J connectivity index is 1.97. The van der Waals surface area contributed by atoms with E-state index in [0.29, 0.717) is 31.3 Å². The van der Waals surface area contributed by atoms with E-state index in [1.54, 1.807) is 0 Å². The number of hydrogen-bond donors (Lipinski definition) is 3. The smallest absolute Gasteiger partial charge is 0.229 e. The first-order valence-corrected chi connectivity index (χ1v) is 10.0.